The van der Waals surface area contributed by atoms with Crippen LogP contribution in [0.4, 0.5) is 0 Å². The topological polar surface area (TPSA) is 67.9 Å². The number of carbonyl (C=O) groups is 2. The van der Waals surface area contributed by atoms with Gasteiger partial charge in [-0.2, -0.15) is 0 Å². The van der Waals surface area contributed by atoms with Crippen molar-refractivity contribution in [3.05, 3.63) is 93.5 Å². The van der Waals surface area contributed by atoms with E-state index in [-0.39, 0.29) is 24.8 Å². The lowest BCUT2D eigenvalue weighted by atomic mass is 9.99. The molecule has 1 N–H and O–H groups in total. The summed E-state index contributed by atoms with van der Waals surface area (Å²) in [4.78, 5) is 29.2. The SMILES string of the molecule is COc1ccc(CCC(=O)N(Cc2ccc(Cl)c(Cl)c2)[C@H](Cc2ccccc2)C(=O)NC(C)(C)C)cc1OC. The van der Waals surface area contributed by atoms with Crippen LogP contribution in [-0.2, 0) is 29.0 Å². The zero-order valence-corrected chi connectivity index (χ0v) is 24.6. The highest BCUT2D eigenvalue weighted by molar-refractivity contribution is 6.42. The van der Waals surface area contributed by atoms with Gasteiger partial charge in [-0.25, -0.2) is 0 Å². The summed E-state index contributed by atoms with van der Waals surface area (Å²) in [6.45, 7) is 5.97. The maximum Gasteiger partial charge on any atom is 0.243 e. The van der Waals surface area contributed by atoms with Crippen LogP contribution in [0.5, 0.6) is 11.5 Å². The molecule has 8 heteroatoms. The van der Waals surface area contributed by atoms with E-state index in [1.807, 2.05) is 75.4 Å². The molecule has 0 aliphatic heterocycles. The van der Waals surface area contributed by atoms with Crippen molar-refractivity contribution < 1.29 is 19.1 Å². The van der Waals surface area contributed by atoms with Gasteiger partial charge < -0.3 is 19.7 Å². The molecule has 0 unspecified atom stereocenters. The van der Waals surface area contributed by atoms with Gasteiger partial charge in [-0.15, -0.1) is 0 Å². The molecule has 208 valence electrons. The number of methoxy groups -OCH3 is 2. The molecule has 0 radical (unpaired) electrons. The zero-order valence-electron chi connectivity index (χ0n) is 23.1. The Morgan fingerprint density at radius 1 is 0.846 bits per heavy atom. The van der Waals surface area contributed by atoms with E-state index < -0.39 is 11.6 Å². The molecule has 0 aliphatic rings. The van der Waals surface area contributed by atoms with E-state index >= 15 is 0 Å². The number of halogens is 2. The Balaban J connectivity index is 1.95. The fourth-order valence-electron chi connectivity index (χ4n) is 4.27. The number of nitrogens with zero attached hydrogens (tertiary/aromatic N) is 1. The third kappa shape index (κ3) is 8.91. The minimum absolute atomic E-state index is 0.152. The van der Waals surface area contributed by atoms with Crippen molar-refractivity contribution >= 4 is 35.0 Å². The number of nitrogens with one attached hydrogen (secondary N) is 1. The van der Waals surface area contributed by atoms with E-state index in [0.717, 1.165) is 16.7 Å². The molecule has 0 heterocycles. The highest BCUT2D eigenvalue weighted by Crippen LogP contribution is 2.29. The average molecular weight is 572 g/mol. The van der Waals surface area contributed by atoms with E-state index in [1.165, 1.54) is 0 Å². The van der Waals surface area contributed by atoms with Crippen LogP contribution in [-0.4, -0.2) is 42.5 Å². The second-order valence-corrected chi connectivity index (χ2v) is 11.2. The van der Waals surface area contributed by atoms with Crippen molar-refractivity contribution in [1.82, 2.24) is 10.2 Å². The van der Waals surface area contributed by atoms with Gasteiger partial charge in [-0.1, -0.05) is 65.7 Å². The summed E-state index contributed by atoms with van der Waals surface area (Å²) in [5, 5.41) is 3.90. The predicted octanol–water partition coefficient (Wildman–Crippen LogP) is 6.50. The van der Waals surface area contributed by atoms with Crippen molar-refractivity contribution in [2.45, 2.75) is 58.2 Å². The lowest BCUT2D eigenvalue weighted by Gasteiger charge is -2.34. The van der Waals surface area contributed by atoms with Gasteiger partial charge >= 0.3 is 0 Å². The standard InChI is InChI=1S/C31H36Cl2N2O4/c1-31(2,3)34-30(37)26(18-21-9-7-6-8-10-21)35(20-23-11-14-24(32)25(33)17-23)29(36)16-13-22-12-15-27(38-4)28(19-22)39-5/h6-12,14-15,17,19,26H,13,16,18,20H2,1-5H3,(H,34,37)/t26-/m1/s1. The van der Waals surface area contributed by atoms with Crippen LogP contribution in [0.15, 0.2) is 66.7 Å². The largest absolute Gasteiger partial charge is 0.493 e. The first-order chi connectivity index (χ1) is 18.5. The van der Waals surface area contributed by atoms with Crippen LogP contribution >= 0.6 is 23.2 Å². The van der Waals surface area contributed by atoms with E-state index in [1.54, 1.807) is 31.3 Å². The first-order valence-electron chi connectivity index (χ1n) is 12.8. The van der Waals surface area contributed by atoms with Gasteiger partial charge in [-0.05, 0) is 68.1 Å². The van der Waals surface area contributed by atoms with Crippen molar-refractivity contribution in [3.63, 3.8) is 0 Å². The molecule has 0 spiro atoms. The number of hydrogen-bond donors (Lipinski definition) is 1. The Hall–Kier alpha value is -3.22. The van der Waals surface area contributed by atoms with Crippen molar-refractivity contribution in [1.29, 1.82) is 0 Å². The number of ether oxygens (including phenoxy) is 2. The number of rotatable bonds is 11. The minimum Gasteiger partial charge on any atom is -0.493 e. The van der Waals surface area contributed by atoms with Gasteiger partial charge in [0.15, 0.2) is 11.5 Å². The Morgan fingerprint density at radius 3 is 2.13 bits per heavy atom. The lowest BCUT2D eigenvalue weighted by molar-refractivity contribution is -0.141. The molecule has 0 aromatic heterocycles. The number of hydrogen-bond acceptors (Lipinski definition) is 4. The molecule has 3 aromatic carbocycles. The fraction of sp³-hybridized carbons (Fsp3) is 0.355. The molecule has 39 heavy (non-hydrogen) atoms. The zero-order chi connectivity index (χ0) is 28.6. The summed E-state index contributed by atoms with van der Waals surface area (Å²) >= 11 is 12.4. The van der Waals surface area contributed by atoms with E-state index in [4.69, 9.17) is 32.7 Å². The first-order valence-corrected chi connectivity index (χ1v) is 13.6. The van der Waals surface area contributed by atoms with Crippen LogP contribution in [0.25, 0.3) is 0 Å². The number of amides is 2. The maximum absolute atomic E-state index is 13.9. The predicted molar refractivity (Wildman–Crippen MR) is 157 cm³/mol. The highest BCUT2D eigenvalue weighted by Gasteiger charge is 2.32. The molecular weight excluding hydrogens is 535 g/mol. The normalized spacial score (nSPS) is 12.0. The Bertz CT molecular complexity index is 1280. The van der Waals surface area contributed by atoms with Crippen molar-refractivity contribution in [3.8, 4) is 11.5 Å². The van der Waals surface area contributed by atoms with Crippen LogP contribution in [0.3, 0.4) is 0 Å². The van der Waals surface area contributed by atoms with E-state index in [2.05, 4.69) is 5.32 Å². The molecule has 6 nitrogen and oxygen atoms in total. The van der Waals surface area contributed by atoms with Gasteiger partial charge in [0, 0.05) is 24.9 Å². The summed E-state index contributed by atoms with van der Waals surface area (Å²) in [6.07, 6.45) is 1.03. The van der Waals surface area contributed by atoms with Crippen LogP contribution < -0.4 is 14.8 Å². The first kappa shape index (κ1) is 30.3. The molecule has 0 saturated heterocycles. The Morgan fingerprint density at radius 2 is 1.51 bits per heavy atom. The van der Waals surface area contributed by atoms with Crippen LogP contribution in [0.2, 0.25) is 10.0 Å². The molecule has 1 atom stereocenters. The molecule has 0 saturated carbocycles. The van der Waals surface area contributed by atoms with E-state index in [0.29, 0.717) is 34.4 Å². The molecule has 0 fully saturated rings. The van der Waals surface area contributed by atoms with E-state index in [9.17, 15) is 9.59 Å². The number of benzene rings is 3. The molecule has 0 aliphatic carbocycles. The summed E-state index contributed by atoms with van der Waals surface area (Å²) in [5.41, 5.74) is 2.20. The second-order valence-electron chi connectivity index (χ2n) is 10.4. The average Bonchev–Trinajstić information content (AvgIpc) is 2.90. The van der Waals surface area contributed by atoms with Crippen LogP contribution in [0, 0.1) is 0 Å². The minimum atomic E-state index is -0.737. The maximum atomic E-state index is 13.9. The number of aryl methyl sites for hydroxylation is 1. The summed E-state index contributed by atoms with van der Waals surface area (Å²) in [7, 11) is 3.16. The smallest absolute Gasteiger partial charge is 0.243 e. The van der Waals surface area contributed by atoms with Gasteiger partial charge in [-0.3, -0.25) is 9.59 Å². The fourth-order valence-corrected chi connectivity index (χ4v) is 4.59. The quantitative estimate of drug-likeness (QED) is 0.286. The summed E-state index contributed by atoms with van der Waals surface area (Å²) < 4.78 is 10.7. The highest BCUT2D eigenvalue weighted by atomic mass is 35.5. The van der Waals surface area contributed by atoms with Gasteiger partial charge in [0.1, 0.15) is 6.04 Å². The molecule has 3 rings (SSSR count). The molecule has 3 aromatic rings. The third-order valence-electron chi connectivity index (χ3n) is 6.18. The Labute approximate surface area is 241 Å². The van der Waals surface area contributed by atoms with Crippen molar-refractivity contribution in [2.75, 3.05) is 14.2 Å². The van der Waals surface area contributed by atoms with Gasteiger partial charge in [0.25, 0.3) is 0 Å². The van der Waals surface area contributed by atoms with Gasteiger partial charge in [0.2, 0.25) is 11.8 Å². The van der Waals surface area contributed by atoms with Crippen molar-refractivity contribution in [2.24, 2.45) is 0 Å². The molecule has 0 bridgehead atoms. The third-order valence-corrected chi connectivity index (χ3v) is 6.92. The summed E-state index contributed by atoms with van der Waals surface area (Å²) in [6, 6.07) is 19.8. The lowest BCUT2D eigenvalue weighted by Crippen LogP contribution is -2.54. The monoisotopic (exact) mass is 570 g/mol. The van der Waals surface area contributed by atoms with Crippen LogP contribution in [0.1, 0.15) is 43.9 Å². The summed E-state index contributed by atoms with van der Waals surface area (Å²) in [5.74, 6) is 0.851. The molecule has 2 amide bonds. The second kappa shape index (κ2) is 13.7. The van der Waals surface area contributed by atoms with Gasteiger partial charge in [0.05, 0.1) is 24.3 Å². The molecular formula is C31H36Cl2N2O4. The number of carbonyl (C=O) groups excluding carboxylic acids is 2. The Kier molecular flexibility index (Phi) is 10.7.